The van der Waals surface area contributed by atoms with Gasteiger partial charge in [0.05, 0.1) is 12.5 Å². The largest absolute Gasteiger partial charge is 0.457 e. The summed E-state index contributed by atoms with van der Waals surface area (Å²) >= 11 is 0. The van der Waals surface area contributed by atoms with Gasteiger partial charge in [-0.2, -0.15) is 0 Å². The number of halogens is 1. The van der Waals surface area contributed by atoms with Gasteiger partial charge in [-0.15, -0.1) is 0 Å². The van der Waals surface area contributed by atoms with Gasteiger partial charge in [0.15, 0.2) is 0 Å². The molecule has 3 aliphatic heterocycles. The van der Waals surface area contributed by atoms with Gasteiger partial charge in [-0.1, -0.05) is 26.0 Å². The van der Waals surface area contributed by atoms with E-state index in [0.717, 1.165) is 32.5 Å². The number of anilines is 1. The smallest absolute Gasteiger partial charge is 0.410 e. The van der Waals surface area contributed by atoms with Crippen LogP contribution >= 0.6 is 0 Å². The number of nitrogens with zero attached hydrogens (tertiary/aromatic N) is 4. The highest BCUT2D eigenvalue weighted by Crippen LogP contribution is 2.32. The Kier molecular flexibility index (Phi) is 11.0. The maximum absolute atomic E-state index is 14.9. The molecular weight excluding hydrogens is 591 g/mol. The van der Waals surface area contributed by atoms with Crippen molar-refractivity contribution in [3.8, 4) is 0 Å². The van der Waals surface area contributed by atoms with Crippen molar-refractivity contribution in [3.63, 3.8) is 0 Å². The molecule has 252 valence electrons. The highest BCUT2D eigenvalue weighted by molar-refractivity contribution is 5.94. The second-order valence-corrected chi connectivity index (χ2v) is 13.7. The molecule has 3 amide bonds. The second kappa shape index (κ2) is 15.0. The number of hydrogen-bond donors (Lipinski definition) is 1. The first-order valence-electron chi connectivity index (χ1n) is 16.7. The zero-order chi connectivity index (χ0) is 33.0. The van der Waals surface area contributed by atoms with Crippen LogP contribution in [0.4, 0.5) is 19.7 Å². The molecule has 3 fully saturated rings. The zero-order valence-corrected chi connectivity index (χ0v) is 27.6. The number of hydrogen-bond acceptors (Lipinski definition) is 7. The Bertz CT molecular complexity index is 1320. The van der Waals surface area contributed by atoms with Crippen LogP contribution in [-0.2, 0) is 14.3 Å². The molecule has 46 heavy (non-hydrogen) atoms. The topological polar surface area (TPSA) is 103 Å². The molecule has 1 aromatic carbocycles. The molecule has 5 atom stereocenters. The van der Waals surface area contributed by atoms with Gasteiger partial charge in [-0.3, -0.25) is 9.69 Å². The molecule has 4 aliphatic rings. The van der Waals surface area contributed by atoms with E-state index in [1.165, 1.54) is 12.1 Å². The molecular formula is C35H49FN4O6. The van der Waals surface area contributed by atoms with Crippen LogP contribution in [0.5, 0.6) is 0 Å². The third kappa shape index (κ3) is 8.88. The molecule has 3 heterocycles. The van der Waals surface area contributed by atoms with E-state index < -0.39 is 30.1 Å². The number of ether oxygens (including phenoxy) is 2. The first kappa shape index (κ1) is 33.9. The molecule has 5 rings (SSSR count). The minimum Gasteiger partial charge on any atom is -0.457 e. The minimum atomic E-state index is -0.893. The molecule has 0 unspecified atom stereocenters. The van der Waals surface area contributed by atoms with E-state index >= 15 is 0 Å². The van der Waals surface area contributed by atoms with E-state index in [0.29, 0.717) is 61.8 Å². The lowest BCUT2D eigenvalue weighted by Gasteiger charge is -2.33. The van der Waals surface area contributed by atoms with E-state index in [4.69, 9.17) is 9.47 Å². The number of piperazine rings is 1. The van der Waals surface area contributed by atoms with Gasteiger partial charge in [0.1, 0.15) is 18.0 Å². The van der Waals surface area contributed by atoms with Gasteiger partial charge in [0.25, 0.3) is 0 Å². The highest BCUT2D eigenvalue weighted by Gasteiger charge is 2.34. The number of carbonyl (C=O) groups excluding carboxylic acids is 3. The second-order valence-electron chi connectivity index (χ2n) is 13.7. The first-order chi connectivity index (χ1) is 22.0. The van der Waals surface area contributed by atoms with Gasteiger partial charge < -0.3 is 29.3 Å². The highest BCUT2D eigenvalue weighted by atomic mass is 19.1. The molecule has 1 N–H and O–H groups in total. The maximum atomic E-state index is 14.9. The SMILES string of the molecule is C/C(=C\c1cc(F)cc(N2CCN(CC3CC3)C2=O)c1)[C@H]1OC(=O)C[C@H](O)CC[C@H](C)[C@@H](OC(=O)N2CCN(C)CC2)/C=C/[C@@H]1C. The molecule has 0 radical (unpaired) electrons. The summed E-state index contributed by atoms with van der Waals surface area (Å²) in [6.07, 6.45) is 6.12. The number of amides is 3. The van der Waals surface area contributed by atoms with Gasteiger partial charge in [0, 0.05) is 57.4 Å². The lowest BCUT2D eigenvalue weighted by atomic mass is 9.91. The molecule has 1 aliphatic carbocycles. The number of cyclic esters (lactones) is 1. The van der Waals surface area contributed by atoms with E-state index in [-0.39, 0.29) is 30.4 Å². The Hall–Kier alpha value is -3.44. The summed E-state index contributed by atoms with van der Waals surface area (Å²) in [7, 11) is 2.03. The summed E-state index contributed by atoms with van der Waals surface area (Å²) in [6, 6.07) is 4.44. The van der Waals surface area contributed by atoms with Crippen LogP contribution in [0.25, 0.3) is 6.08 Å². The molecule has 0 spiro atoms. The first-order valence-corrected chi connectivity index (χ1v) is 16.7. The standard InChI is InChI=1S/C35H49FN4O6/c1-23-5-9-30(41)21-32(42)46-33(24(2)6-10-31(23)45-35(44)38-13-11-37(4)12-14-38)25(3)17-27-18-28(36)20-29(19-27)40-16-15-39(34(40)43)22-26-7-8-26/h6,10,17-20,23-24,26,30-31,33,41H,5,7-9,11-16,21-22H2,1-4H3/b10-6+,25-17+/t23-,24-,30+,31-,33-/m0/s1. The third-order valence-electron chi connectivity index (χ3n) is 9.59. The normalized spacial score (nSPS) is 29.7. The van der Waals surface area contributed by atoms with Crippen molar-refractivity contribution in [3.05, 3.63) is 47.3 Å². The zero-order valence-electron chi connectivity index (χ0n) is 27.6. The Balaban J connectivity index is 1.35. The number of esters is 1. The summed E-state index contributed by atoms with van der Waals surface area (Å²) in [6.45, 7) is 10.3. The maximum Gasteiger partial charge on any atom is 0.410 e. The van der Waals surface area contributed by atoms with Crippen molar-refractivity contribution >= 4 is 29.9 Å². The summed E-state index contributed by atoms with van der Waals surface area (Å²) in [5.41, 5.74) is 1.72. The molecule has 0 aromatic heterocycles. The third-order valence-corrected chi connectivity index (χ3v) is 9.59. The Morgan fingerprint density at radius 3 is 2.48 bits per heavy atom. The lowest BCUT2D eigenvalue weighted by molar-refractivity contribution is -0.151. The van der Waals surface area contributed by atoms with Crippen LogP contribution in [-0.4, -0.2) is 109 Å². The summed E-state index contributed by atoms with van der Waals surface area (Å²) in [5, 5.41) is 10.6. The number of carbonyl (C=O) groups is 3. The number of benzene rings is 1. The van der Waals surface area contributed by atoms with Crippen LogP contribution < -0.4 is 4.90 Å². The number of urea groups is 1. The lowest BCUT2D eigenvalue weighted by Crippen LogP contribution is -2.48. The Morgan fingerprint density at radius 2 is 1.76 bits per heavy atom. The summed E-state index contributed by atoms with van der Waals surface area (Å²) in [5.74, 6) is -0.811. The van der Waals surface area contributed by atoms with Crippen LogP contribution in [0.15, 0.2) is 35.9 Å². The van der Waals surface area contributed by atoms with Crippen molar-refractivity contribution in [1.82, 2.24) is 14.7 Å². The van der Waals surface area contributed by atoms with E-state index in [1.807, 2.05) is 44.9 Å². The fourth-order valence-corrected chi connectivity index (χ4v) is 6.41. The molecule has 1 saturated carbocycles. The molecule has 2 saturated heterocycles. The quantitative estimate of drug-likeness (QED) is 0.348. The predicted molar refractivity (Wildman–Crippen MR) is 174 cm³/mol. The summed E-state index contributed by atoms with van der Waals surface area (Å²) in [4.78, 5) is 46.4. The average molecular weight is 641 g/mol. The molecule has 11 heteroatoms. The van der Waals surface area contributed by atoms with Gasteiger partial charge in [-0.25, -0.2) is 14.0 Å². The van der Waals surface area contributed by atoms with Crippen LogP contribution in [0.3, 0.4) is 0 Å². The van der Waals surface area contributed by atoms with E-state index in [9.17, 15) is 23.9 Å². The van der Waals surface area contributed by atoms with E-state index in [1.54, 1.807) is 21.9 Å². The fourth-order valence-electron chi connectivity index (χ4n) is 6.41. The molecule has 10 nitrogen and oxygen atoms in total. The fraction of sp³-hybridized carbons (Fsp3) is 0.629. The number of aliphatic hydroxyl groups is 1. The van der Waals surface area contributed by atoms with Gasteiger partial charge in [0.2, 0.25) is 0 Å². The number of rotatable bonds is 6. The number of likely N-dealkylation sites (N-methyl/N-ethyl adjacent to an activating group) is 1. The monoisotopic (exact) mass is 640 g/mol. The number of aliphatic hydroxyl groups excluding tert-OH is 1. The van der Waals surface area contributed by atoms with Crippen LogP contribution in [0.1, 0.15) is 58.4 Å². The van der Waals surface area contributed by atoms with Crippen LogP contribution in [0, 0.1) is 23.6 Å². The van der Waals surface area contributed by atoms with Crippen LogP contribution in [0.2, 0.25) is 0 Å². The Labute approximate surface area is 271 Å². The Morgan fingerprint density at radius 1 is 1.02 bits per heavy atom. The van der Waals surface area contributed by atoms with Crippen molar-refractivity contribution in [1.29, 1.82) is 0 Å². The predicted octanol–water partition coefficient (Wildman–Crippen LogP) is 4.92. The van der Waals surface area contributed by atoms with E-state index in [2.05, 4.69) is 4.90 Å². The van der Waals surface area contributed by atoms with Crippen molar-refractivity contribution < 1.29 is 33.4 Å². The average Bonchev–Trinajstić information content (AvgIpc) is 3.76. The summed E-state index contributed by atoms with van der Waals surface area (Å²) < 4.78 is 26.8. The van der Waals surface area contributed by atoms with Crippen molar-refractivity contribution in [2.75, 3.05) is 57.8 Å². The van der Waals surface area contributed by atoms with Gasteiger partial charge >= 0.3 is 18.1 Å². The van der Waals surface area contributed by atoms with Gasteiger partial charge in [-0.05, 0) is 86.9 Å². The molecule has 1 aromatic rings. The van der Waals surface area contributed by atoms with Crippen molar-refractivity contribution in [2.24, 2.45) is 17.8 Å². The van der Waals surface area contributed by atoms with Crippen molar-refractivity contribution in [2.45, 2.75) is 71.2 Å². The molecule has 0 bridgehead atoms. The minimum absolute atomic E-state index is 0.0840.